The normalized spacial score (nSPS) is 16.1. The van der Waals surface area contributed by atoms with Crippen molar-refractivity contribution in [3.05, 3.63) is 0 Å². The number of hydrogen-bond acceptors (Lipinski definition) is 7. The molecule has 0 aromatic rings. The maximum Gasteiger partial charge on any atom is 0.337 e. The third-order valence-corrected chi connectivity index (χ3v) is 1.51. The Labute approximate surface area is 80.2 Å². The van der Waals surface area contributed by atoms with Crippen molar-refractivity contribution in [1.29, 1.82) is 0 Å². The van der Waals surface area contributed by atoms with Gasteiger partial charge in [-0.3, -0.25) is 0 Å². The first-order valence-corrected chi connectivity index (χ1v) is 3.99. The topological polar surface area (TPSA) is 127 Å². The quantitative estimate of drug-likeness (QED) is 0.246. The van der Waals surface area contributed by atoms with Crippen molar-refractivity contribution in [3.63, 3.8) is 0 Å². The lowest BCUT2D eigenvalue weighted by molar-refractivity contribution is -0.356. The van der Waals surface area contributed by atoms with Crippen molar-refractivity contribution >= 4 is 5.97 Å². The van der Waals surface area contributed by atoms with E-state index < -0.39 is 30.8 Å². The first kappa shape index (κ1) is 13.3. The van der Waals surface area contributed by atoms with Crippen LogP contribution in [0.4, 0.5) is 0 Å². The summed E-state index contributed by atoms with van der Waals surface area (Å²) in [5.41, 5.74) is 0. The van der Waals surface area contributed by atoms with Gasteiger partial charge < -0.3 is 30.3 Å². The van der Waals surface area contributed by atoms with Gasteiger partial charge in [-0.1, -0.05) is 6.92 Å². The molecule has 0 rings (SSSR count). The van der Waals surface area contributed by atoms with Gasteiger partial charge in [0.1, 0.15) is 0 Å². The van der Waals surface area contributed by atoms with Crippen molar-refractivity contribution in [2.24, 2.45) is 0 Å². The number of rotatable bonds is 5. The van der Waals surface area contributed by atoms with Crippen LogP contribution in [0.15, 0.2) is 0 Å². The molecule has 0 heterocycles. The van der Waals surface area contributed by atoms with E-state index in [2.05, 4.69) is 4.74 Å². The van der Waals surface area contributed by atoms with Crippen LogP contribution in [0.1, 0.15) is 13.3 Å². The number of aliphatic hydroxyl groups is 5. The summed E-state index contributed by atoms with van der Waals surface area (Å²) in [5.74, 6) is -4.39. The average molecular weight is 210 g/mol. The molecule has 0 fully saturated rings. The average Bonchev–Trinajstić information content (AvgIpc) is 2.10. The molecule has 0 amide bonds. The zero-order chi connectivity index (χ0) is 11.4. The molecule has 0 bridgehead atoms. The molecular formula is C7H14O7. The van der Waals surface area contributed by atoms with Gasteiger partial charge in [-0.15, -0.1) is 0 Å². The van der Waals surface area contributed by atoms with E-state index in [4.69, 9.17) is 25.5 Å². The minimum atomic E-state index is -3.15. The summed E-state index contributed by atoms with van der Waals surface area (Å²) in [5, 5.41) is 43.1. The van der Waals surface area contributed by atoms with E-state index in [0.29, 0.717) is 0 Å². The molecule has 0 aliphatic heterocycles. The van der Waals surface area contributed by atoms with Crippen LogP contribution in [0.5, 0.6) is 0 Å². The molecule has 0 aromatic heterocycles. The van der Waals surface area contributed by atoms with Crippen molar-refractivity contribution in [2.75, 3.05) is 6.61 Å². The largest absolute Gasteiger partial charge is 0.452 e. The van der Waals surface area contributed by atoms with Crippen LogP contribution < -0.4 is 0 Å². The Bertz CT molecular complexity index is 185. The molecule has 0 saturated heterocycles. The molecule has 84 valence electrons. The van der Waals surface area contributed by atoms with E-state index in [0.717, 1.165) is 0 Å². The fourth-order valence-corrected chi connectivity index (χ4v) is 0.730. The minimum absolute atomic E-state index is 0.0621. The number of aliphatic hydroxyl groups excluding tert-OH is 2. The van der Waals surface area contributed by atoms with Gasteiger partial charge in [0.2, 0.25) is 0 Å². The number of esters is 1. The number of hydrogen-bond donors (Lipinski definition) is 5. The smallest absolute Gasteiger partial charge is 0.337 e. The van der Waals surface area contributed by atoms with Crippen LogP contribution in [0.25, 0.3) is 0 Å². The Balaban J connectivity index is 4.26. The summed E-state index contributed by atoms with van der Waals surface area (Å²) in [4.78, 5) is 10.8. The molecule has 0 saturated carbocycles. The van der Waals surface area contributed by atoms with E-state index in [-0.39, 0.29) is 6.42 Å². The van der Waals surface area contributed by atoms with Crippen LogP contribution in [-0.4, -0.2) is 56.3 Å². The fraction of sp³-hybridized carbons (Fsp3) is 0.857. The molecule has 5 N–H and O–H groups in total. The van der Waals surface area contributed by atoms with Crippen LogP contribution in [0, 0.1) is 0 Å². The third kappa shape index (κ3) is 3.99. The summed E-state index contributed by atoms with van der Waals surface area (Å²) in [6.45, 7) is 0.589. The summed E-state index contributed by atoms with van der Waals surface area (Å²) in [7, 11) is 0. The number of carbonyl (C=O) groups is 1. The molecule has 0 radical (unpaired) electrons. The van der Waals surface area contributed by atoms with E-state index in [1.54, 1.807) is 0 Å². The molecule has 0 spiro atoms. The molecular weight excluding hydrogens is 196 g/mol. The van der Waals surface area contributed by atoms with Gasteiger partial charge in [0.25, 0.3) is 0 Å². The van der Waals surface area contributed by atoms with Gasteiger partial charge in [0, 0.05) is 0 Å². The molecule has 2 atom stereocenters. The molecule has 2 unspecified atom stereocenters. The second-order valence-corrected chi connectivity index (χ2v) is 2.72. The van der Waals surface area contributed by atoms with E-state index in [1.807, 2.05) is 0 Å². The lowest BCUT2D eigenvalue weighted by Gasteiger charge is -2.25. The van der Waals surface area contributed by atoms with Crippen molar-refractivity contribution in [3.8, 4) is 0 Å². The standard InChI is InChI=1S/C7H14O7/c1-2-5(7(11,12)13)14-6(10)4(9)3-8/h4-5,8-9,11-13H,2-3H2,1H3. The third-order valence-electron chi connectivity index (χ3n) is 1.51. The van der Waals surface area contributed by atoms with Gasteiger partial charge >= 0.3 is 11.9 Å². The van der Waals surface area contributed by atoms with Crippen molar-refractivity contribution in [2.45, 2.75) is 31.5 Å². The molecule has 0 aliphatic rings. The second-order valence-electron chi connectivity index (χ2n) is 2.72. The SMILES string of the molecule is CCC(OC(=O)C(O)CO)C(O)(O)O. The zero-order valence-electron chi connectivity index (χ0n) is 7.62. The number of carbonyl (C=O) groups excluding carboxylic acids is 1. The predicted molar refractivity (Wildman–Crippen MR) is 42.7 cm³/mol. The molecule has 14 heavy (non-hydrogen) atoms. The maximum atomic E-state index is 10.8. The Kier molecular flexibility index (Phi) is 4.95. The van der Waals surface area contributed by atoms with Crippen molar-refractivity contribution < 1.29 is 35.1 Å². The monoisotopic (exact) mass is 210 g/mol. The van der Waals surface area contributed by atoms with Crippen molar-refractivity contribution in [1.82, 2.24) is 0 Å². The summed E-state index contributed by atoms with van der Waals surface area (Å²) in [6.07, 6.45) is -3.39. The van der Waals surface area contributed by atoms with E-state index in [1.165, 1.54) is 6.92 Å². The van der Waals surface area contributed by atoms with Crippen LogP contribution >= 0.6 is 0 Å². The highest BCUT2D eigenvalue weighted by atomic mass is 16.7. The predicted octanol–water partition coefficient (Wildman–Crippen LogP) is -2.71. The van der Waals surface area contributed by atoms with Gasteiger partial charge in [-0.2, -0.15) is 0 Å². The second kappa shape index (κ2) is 5.23. The highest BCUT2D eigenvalue weighted by Gasteiger charge is 2.35. The lowest BCUT2D eigenvalue weighted by Crippen LogP contribution is -2.46. The Hall–Kier alpha value is -0.730. The summed E-state index contributed by atoms with van der Waals surface area (Å²) >= 11 is 0. The highest BCUT2D eigenvalue weighted by Crippen LogP contribution is 2.11. The van der Waals surface area contributed by atoms with Crippen LogP contribution in [0.2, 0.25) is 0 Å². The highest BCUT2D eigenvalue weighted by molar-refractivity contribution is 5.74. The van der Waals surface area contributed by atoms with Gasteiger partial charge in [0.15, 0.2) is 12.2 Å². The molecule has 7 nitrogen and oxygen atoms in total. The molecule has 0 aliphatic carbocycles. The maximum absolute atomic E-state index is 10.8. The fourth-order valence-electron chi connectivity index (χ4n) is 0.730. The van der Waals surface area contributed by atoms with Crippen LogP contribution in [-0.2, 0) is 9.53 Å². The van der Waals surface area contributed by atoms with Gasteiger partial charge in [-0.25, -0.2) is 4.79 Å². The molecule has 7 heteroatoms. The number of ether oxygens (including phenoxy) is 1. The summed E-state index contributed by atoms with van der Waals surface area (Å²) < 4.78 is 4.32. The van der Waals surface area contributed by atoms with Gasteiger partial charge in [-0.05, 0) is 6.42 Å². The van der Waals surface area contributed by atoms with E-state index >= 15 is 0 Å². The minimum Gasteiger partial charge on any atom is -0.452 e. The van der Waals surface area contributed by atoms with Crippen LogP contribution in [0.3, 0.4) is 0 Å². The first-order valence-electron chi connectivity index (χ1n) is 3.99. The lowest BCUT2D eigenvalue weighted by atomic mass is 10.2. The first-order chi connectivity index (χ1) is 6.32. The Morgan fingerprint density at radius 1 is 1.43 bits per heavy atom. The molecule has 0 aromatic carbocycles. The summed E-state index contributed by atoms with van der Waals surface area (Å²) in [6, 6.07) is 0. The Morgan fingerprint density at radius 2 is 1.93 bits per heavy atom. The van der Waals surface area contributed by atoms with E-state index in [9.17, 15) is 4.79 Å². The zero-order valence-corrected chi connectivity index (χ0v) is 7.62. The Morgan fingerprint density at radius 3 is 2.21 bits per heavy atom. The van der Waals surface area contributed by atoms with Gasteiger partial charge in [0.05, 0.1) is 6.61 Å².